The summed E-state index contributed by atoms with van der Waals surface area (Å²) in [4.78, 5) is 17.1. The van der Waals surface area contributed by atoms with E-state index >= 15 is 0 Å². The third-order valence-corrected chi connectivity index (χ3v) is 5.97. The minimum absolute atomic E-state index is 0.184. The molecule has 0 saturated heterocycles. The Morgan fingerprint density at radius 2 is 1.74 bits per heavy atom. The number of amides is 1. The number of para-hydroxylation sites is 2. The molecule has 0 atom stereocenters. The molecule has 0 saturated carbocycles. The number of benzene rings is 3. The number of carbonyl (C=O) groups excluding carboxylic acids is 1. The van der Waals surface area contributed by atoms with Gasteiger partial charge in [0.2, 0.25) is 0 Å². The first-order valence-electron chi connectivity index (χ1n) is 9.81. The van der Waals surface area contributed by atoms with Crippen LogP contribution in [0.15, 0.2) is 89.1 Å². The van der Waals surface area contributed by atoms with Crippen molar-refractivity contribution in [2.45, 2.75) is 18.6 Å². The number of thioether (sulfide) groups is 1. The predicted molar refractivity (Wildman–Crippen MR) is 128 cm³/mol. The number of aromatic nitrogens is 2. The van der Waals surface area contributed by atoms with E-state index in [2.05, 4.69) is 33.3 Å². The van der Waals surface area contributed by atoms with Crippen LogP contribution < -0.4 is 5.43 Å². The fourth-order valence-corrected chi connectivity index (χ4v) is 4.08. The van der Waals surface area contributed by atoms with Crippen LogP contribution in [0.3, 0.4) is 0 Å². The second kappa shape index (κ2) is 9.81. The Bertz CT molecular complexity index is 1220. The summed E-state index contributed by atoms with van der Waals surface area (Å²) < 4.78 is 2.14. The highest BCUT2D eigenvalue weighted by molar-refractivity contribution is 7.99. The fraction of sp³-hybridized carbons (Fsp3) is 0.125. The zero-order valence-electron chi connectivity index (χ0n) is 17.0. The lowest BCUT2D eigenvalue weighted by Crippen LogP contribution is -2.21. The summed E-state index contributed by atoms with van der Waals surface area (Å²) in [6.07, 6.45) is 0. The third-order valence-electron chi connectivity index (χ3n) is 4.75. The number of nitrogens with one attached hydrogen (secondary N) is 1. The minimum Gasteiger partial charge on any atom is -0.314 e. The lowest BCUT2D eigenvalue weighted by atomic mass is 10.1. The summed E-state index contributed by atoms with van der Waals surface area (Å²) in [6, 6.07) is 25.6. The van der Waals surface area contributed by atoms with Gasteiger partial charge in [-0.15, -0.1) is 0 Å². The molecule has 4 aromatic rings. The zero-order valence-corrected chi connectivity index (χ0v) is 18.5. The maximum atomic E-state index is 12.4. The van der Waals surface area contributed by atoms with Gasteiger partial charge in [0.1, 0.15) is 0 Å². The lowest BCUT2D eigenvalue weighted by molar-refractivity contribution is -0.118. The Morgan fingerprint density at radius 1 is 1.03 bits per heavy atom. The van der Waals surface area contributed by atoms with Crippen LogP contribution in [-0.4, -0.2) is 26.9 Å². The van der Waals surface area contributed by atoms with Gasteiger partial charge in [-0.1, -0.05) is 78.0 Å². The Kier molecular flexibility index (Phi) is 6.70. The molecule has 1 aromatic heterocycles. The van der Waals surface area contributed by atoms with E-state index in [1.54, 1.807) is 12.1 Å². The summed E-state index contributed by atoms with van der Waals surface area (Å²) in [6.45, 7) is 2.54. The van der Waals surface area contributed by atoms with Gasteiger partial charge in [-0.3, -0.25) is 4.79 Å². The molecule has 156 valence electrons. The maximum Gasteiger partial charge on any atom is 0.250 e. The number of hydrazone groups is 1. The van der Waals surface area contributed by atoms with Gasteiger partial charge in [0, 0.05) is 5.02 Å². The molecule has 31 heavy (non-hydrogen) atoms. The molecule has 0 spiro atoms. The van der Waals surface area contributed by atoms with Gasteiger partial charge in [-0.2, -0.15) is 5.10 Å². The number of imidazole rings is 1. The van der Waals surface area contributed by atoms with Crippen molar-refractivity contribution in [1.29, 1.82) is 0 Å². The van der Waals surface area contributed by atoms with Crippen molar-refractivity contribution in [2.75, 3.05) is 5.75 Å². The quantitative estimate of drug-likeness (QED) is 0.235. The Morgan fingerprint density at radius 3 is 2.52 bits per heavy atom. The van der Waals surface area contributed by atoms with Crippen LogP contribution in [0.4, 0.5) is 0 Å². The number of carbonyl (C=O) groups is 1. The van der Waals surface area contributed by atoms with Crippen LogP contribution in [-0.2, 0) is 11.3 Å². The number of fused-ring (bicyclic) bond motifs is 1. The summed E-state index contributed by atoms with van der Waals surface area (Å²) >= 11 is 7.32. The second-order valence-electron chi connectivity index (χ2n) is 6.98. The number of nitrogens with zero attached hydrogens (tertiary/aromatic N) is 3. The molecule has 0 bridgehead atoms. The van der Waals surface area contributed by atoms with E-state index in [9.17, 15) is 4.79 Å². The molecule has 0 unspecified atom stereocenters. The molecule has 3 aromatic carbocycles. The third kappa shape index (κ3) is 5.34. The van der Waals surface area contributed by atoms with E-state index < -0.39 is 0 Å². The van der Waals surface area contributed by atoms with Gasteiger partial charge in [-0.25, -0.2) is 10.4 Å². The first-order chi connectivity index (χ1) is 15.1. The first kappa shape index (κ1) is 21.2. The summed E-state index contributed by atoms with van der Waals surface area (Å²) in [5.74, 6) is 0.0341. The van der Waals surface area contributed by atoms with Crippen molar-refractivity contribution in [2.24, 2.45) is 5.10 Å². The van der Waals surface area contributed by atoms with E-state index in [1.165, 1.54) is 17.3 Å². The average molecular weight is 449 g/mol. The van der Waals surface area contributed by atoms with Gasteiger partial charge in [-0.05, 0) is 42.3 Å². The summed E-state index contributed by atoms with van der Waals surface area (Å²) in [5, 5.41) is 5.67. The number of rotatable bonds is 7. The van der Waals surface area contributed by atoms with Crippen LogP contribution in [0.2, 0.25) is 5.02 Å². The van der Waals surface area contributed by atoms with E-state index in [1.807, 2.05) is 55.5 Å². The topological polar surface area (TPSA) is 59.3 Å². The van der Waals surface area contributed by atoms with Crippen molar-refractivity contribution < 1.29 is 4.79 Å². The normalized spacial score (nSPS) is 11.6. The molecular formula is C24H21ClN4OS. The summed E-state index contributed by atoms with van der Waals surface area (Å²) in [7, 11) is 0. The highest BCUT2D eigenvalue weighted by Gasteiger charge is 2.13. The van der Waals surface area contributed by atoms with Crippen molar-refractivity contribution >= 4 is 46.0 Å². The molecule has 7 heteroatoms. The van der Waals surface area contributed by atoms with Crippen LogP contribution in [0.5, 0.6) is 0 Å². The van der Waals surface area contributed by atoms with Gasteiger partial charge in [0.25, 0.3) is 5.91 Å². The van der Waals surface area contributed by atoms with Crippen molar-refractivity contribution in [3.05, 3.63) is 95.0 Å². The first-order valence-corrected chi connectivity index (χ1v) is 11.2. The number of halogens is 1. The van der Waals surface area contributed by atoms with Crippen LogP contribution in [0.25, 0.3) is 11.0 Å². The predicted octanol–water partition coefficient (Wildman–Crippen LogP) is 5.37. The SMILES string of the molecule is CC(=NNC(=O)CSc1nc2ccccc2n1Cc1ccccc1)c1ccc(Cl)cc1. The fourth-order valence-electron chi connectivity index (χ4n) is 3.15. The monoisotopic (exact) mass is 448 g/mol. The standard InChI is InChI=1S/C24H21ClN4OS/c1-17(19-11-13-20(25)14-12-19)27-28-23(30)16-31-24-26-21-9-5-6-10-22(21)29(24)15-18-7-3-2-4-8-18/h2-14H,15-16H2,1H3,(H,28,30). The molecular weight excluding hydrogens is 428 g/mol. The van der Waals surface area contributed by atoms with E-state index in [-0.39, 0.29) is 11.7 Å². The molecule has 1 N–H and O–H groups in total. The lowest BCUT2D eigenvalue weighted by Gasteiger charge is -2.09. The zero-order chi connectivity index (χ0) is 21.6. The highest BCUT2D eigenvalue weighted by atomic mass is 35.5. The Balaban J connectivity index is 1.46. The molecule has 0 radical (unpaired) electrons. The van der Waals surface area contributed by atoms with E-state index in [0.717, 1.165) is 21.8 Å². The van der Waals surface area contributed by atoms with Crippen LogP contribution >= 0.6 is 23.4 Å². The smallest absolute Gasteiger partial charge is 0.250 e. The highest BCUT2D eigenvalue weighted by Crippen LogP contribution is 2.25. The average Bonchev–Trinajstić information content (AvgIpc) is 3.14. The van der Waals surface area contributed by atoms with Crippen molar-refractivity contribution in [3.8, 4) is 0 Å². The largest absolute Gasteiger partial charge is 0.314 e. The molecule has 0 aliphatic heterocycles. The van der Waals surface area contributed by atoms with E-state index in [4.69, 9.17) is 16.6 Å². The molecule has 0 fully saturated rings. The molecule has 1 heterocycles. The van der Waals surface area contributed by atoms with Gasteiger partial charge < -0.3 is 4.57 Å². The van der Waals surface area contributed by atoms with Gasteiger partial charge >= 0.3 is 0 Å². The Labute approximate surface area is 190 Å². The van der Waals surface area contributed by atoms with Gasteiger partial charge in [0.05, 0.1) is 29.0 Å². The summed E-state index contributed by atoms with van der Waals surface area (Å²) in [5.41, 5.74) is 7.39. The van der Waals surface area contributed by atoms with Crippen molar-refractivity contribution in [3.63, 3.8) is 0 Å². The second-order valence-corrected chi connectivity index (χ2v) is 8.36. The van der Waals surface area contributed by atoms with Crippen LogP contribution in [0.1, 0.15) is 18.1 Å². The van der Waals surface area contributed by atoms with E-state index in [0.29, 0.717) is 17.3 Å². The molecule has 4 rings (SSSR count). The maximum absolute atomic E-state index is 12.4. The molecule has 0 aliphatic rings. The number of hydrogen-bond donors (Lipinski definition) is 1. The molecule has 5 nitrogen and oxygen atoms in total. The van der Waals surface area contributed by atoms with Crippen LogP contribution in [0, 0.1) is 0 Å². The van der Waals surface area contributed by atoms with Crippen molar-refractivity contribution in [1.82, 2.24) is 15.0 Å². The molecule has 1 amide bonds. The number of hydrogen-bond acceptors (Lipinski definition) is 4. The minimum atomic E-state index is -0.184. The van der Waals surface area contributed by atoms with Gasteiger partial charge in [0.15, 0.2) is 5.16 Å². The molecule has 0 aliphatic carbocycles. The Hall–Kier alpha value is -3.09.